The van der Waals surface area contributed by atoms with Crippen molar-refractivity contribution in [1.82, 2.24) is 29.5 Å². The first-order valence-corrected chi connectivity index (χ1v) is 9.28. The zero-order valence-electron chi connectivity index (χ0n) is 16.6. The lowest BCUT2D eigenvalue weighted by Gasteiger charge is -2.39. The van der Waals surface area contributed by atoms with E-state index in [0.29, 0.717) is 18.3 Å². The SMILES string of the molecule is Cc1cc(C)n(-c2ccc(=O)n(CC3CN(c4nccc(N(C)C)n4)C3)n2)n1. The molecule has 9 heteroatoms. The summed E-state index contributed by atoms with van der Waals surface area (Å²) < 4.78 is 3.30. The standard InChI is InChI=1S/C19H24N8O/c1-13-9-14(2)27(22-13)17-5-6-18(28)26(23-17)12-15-10-25(11-15)19-20-8-7-16(21-19)24(3)4/h5-9,15H,10-12H2,1-4H3. The smallest absolute Gasteiger partial charge is 0.266 e. The summed E-state index contributed by atoms with van der Waals surface area (Å²) in [4.78, 5) is 25.3. The molecule has 4 heterocycles. The summed E-state index contributed by atoms with van der Waals surface area (Å²) in [6, 6.07) is 7.14. The van der Waals surface area contributed by atoms with Gasteiger partial charge in [0.1, 0.15) is 5.82 Å². The van der Waals surface area contributed by atoms with Crippen LogP contribution in [0.4, 0.5) is 11.8 Å². The van der Waals surface area contributed by atoms with Gasteiger partial charge in [0.05, 0.1) is 12.2 Å². The monoisotopic (exact) mass is 380 g/mol. The van der Waals surface area contributed by atoms with Crippen molar-refractivity contribution in [2.24, 2.45) is 5.92 Å². The van der Waals surface area contributed by atoms with Crippen LogP contribution in [0.5, 0.6) is 0 Å². The summed E-state index contributed by atoms with van der Waals surface area (Å²) in [5.41, 5.74) is 1.81. The lowest BCUT2D eigenvalue weighted by Crippen LogP contribution is -2.50. The van der Waals surface area contributed by atoms with Crippen molar-refractivity contribution in [1.29, 1.82) is 0 Å². The van der Waals surface area contributed by atoms with Crippen molar-refractivity contribution in [2.75, 3.05) is 37.0 Å². The molecule has 28 heavy (non-hydrogen) atoms. The molecular formula is C19H24N8O. The molecule has 1 fully saturated rings. The van der Waals surface area contributed by atoms with E-state index in [-0.39, 0.29) is 5.56 Å². The van der Waals surface area contributed by atoms with E-state index >= 15 is 0 Å². The van der Waals surface area contributed by atoms with Gasteiger partial charge in [-0.1, -0.05) is 0 Å². The number of aryl methyl sites for hydroxylation is 2. The highest BCUT2D eigenvalue weighted by molar-refractivity contribution is 5.43. The number of nitrogens with zero attached hydrogens (tertiary/aromatic N) is 8. The molecule has 146 valence electrons. The van der Waals surface area contributed by atoms with E-state index < -0.39 is 0 Å². The summed E-state index contributed by atoms with van der Waals surface area (Å²) >= 11 is 0. The molecule has 0 radical (unpaired) electrons. The van der Waals surface area contributed by atoms with Gasteiger partial charge in [-0.2, -0.15) is 10.1 Å². The minimum atomic E-state index is -0.102. The van der Waals surface area contributed by atoms with E-state index in [4.69, 9.17) is 0 Å². The molecule has 0 spiro atoms. The molecule has 4 rings (SSSR count). The molecule has 0 aliphatic carbocycles. The summed E-state index contributed by atoms with van der Waals surface area (Å²) in [5, 5.41) is 8.97. The van der Waals surface area contributed by atoms with Gasteiger partial charge in [-0.05, 0) is 32.0 Å². The van der Waals surface area contributed by atoms with Crippen LogP contribution >= 0.6 is 0 Å². The maximum absolute atomic E-state index is 12.3. The predicted molar refractivity (Wildman–Crippen MR) is 107 cm³/mol. The quantitative estimate of drug-likeness (QED) is 0.654. The number of anilines is 2. The zero-order valence-corrected chi connectivity index (χ0v) is 16.6. The molecule has 1 saturated heterocycles. The summed E-state index contributed by atoms with van der Waals surface area (Å²) in [6.07, 6.45) is 1.77. The molecule has 0 unspecified atom stereocenters. The van der Waals surface area contributed by atoms with Gasteiger partial charge < -0.3 is 9.80 Å². The van der Waals surface area contributed by atoms with Gasteiger partial charge >= 0.3 is 0 Å². The van der Waals surface area contributed by atoms with Crippen LogP contribution in [0, 0.1) is 19.8 Å². The zero-order chi connectivity index (χ0) is 19.8. The third-order valence-electron chi connectivity index (χ3n) is 4.84. The summed E-state index contributed by atoms with van der Waals surface area (Å²) in [5.74, 6) is 2.58. The van der Waals surface area contributed by atoms with E-state index in [9.17, 15) is 4.79 Å². The highest BCUT2D eigenvalue weighted by Gasteiger charge is 2.29. The Morgan fingerprint density at radius 2 is 1.93 bits per heavy atom. The molecule has 0 N–H and O–H groups in total. The molecular weight excluding hydrogens is 356 g/mol. The Labute approximate surface area is 163 Å². The average molecular weight is 380 g/mol. The van der Waals surface area contributed by atoms with Gasteiger partial charge in [0.15, 0.2) is 5.82 Å². The van der Waals surface area contributed by atoms with Crippen molar-refractivity contribution in [3.8, 4) is 5.82 Å². The van der Waals surface area contributed by atoms with Gasteiger partial charge in [0.25, 0.3) is 5.56 Å². The van der Waals surface area contributed by atoms with E-state index in [2.05, 4.69) is 25.1 Å². The Bertz CT molecular complexity index is 1050. The minimum Gasteiger partial charge on any atom is -0.363 e. The molecule has 3 aromatic heterocycles. The van der Waals surface area contributed by atoms with Crippen LogP contribution in [0.3, 0.4) is 0 Å². The number of rotatable bonds is 5. The minimum absolute atomic E-state index is 0.102. The lowest BCUT2D eigenvalue weighted by molar-refractivity contribution is 0.330. The van der Waals surface area contributed by atoms with Crippen molar-refractivity contribution < 1.29 is 0 Å². The fourth-order valence-corrected chi connectivity index (χ4v) is 3.38. The van der Waals surface area contributed by atoms with E-state index in [1.807, 2.05) is 45.0 Å². The Hall–Kier alpha value is -3.23. The maximum atomic E-state index is 12.3. The number of hydrogen-bond acceptors (Lipinski definition) is 7. The van der Waals surface area contributed by atoms with Crippen molar-refractivity contribution in [3.63, 3.8) is 0 Å². The molecule has 0 bridgehead atoms. The molecule has 9 nitrogen and oxygen atoms in total. The number of hydrogen-bond donors (Lipinski definition) is 0. The topological polar surface area (TPSA) is 85.0 Å². The third-order valence-corrected chi connectivity index (χ3v) is 4.84. The molecule has 0 saturated carbocycles. The Morgan fingerprint density at radius 3 is 2.61 bits per heavy atom. The van der Waals surface area contributed by atoms with Crippen LogP contribution in [-0.4, -0.2) is 56.7 Å². The molecule has 0 amide bonds. The Morgan fingerprint density at radius 1 is 1.14 bits per heavy atom. The lowest BCUT2D eigenvalue weighted by atomic mass is 10.0. The highest BCUT2D eigenvalue weighted by atomic mass is 16.1. The van der Waals surface area contributed by atoms with E-state index in [0.717, 1.165) is 36.2 Å². The Kier molecular flexibility index (Phi) is 4.58. The molecule has 1 aliphatic heterocycles. The average Bonchev–Trinajstić information content (AvgIpc) is 2.97. The Balaban J connectivity index is 1.46. The number of aromatic nitrogens is 6. The van der Waals surface area contributed by atoms with E-state index in [1.165, 1.54) is 4.68 Å². The van der Waals surface area contributed by atoms with Crippen LogP contribution in [-0.2, 0) is 6.54 Å². The predicted octanol–water partition coefficient (Wildman–Crippen LogP) is 1.04. The van der Waals surface area contributed by atoms with Crippen LogP contribution in [0.25, 0.3) is 5.82 Å². The first-order chi connectivity index (χ1) is 13.4. The molecule has 1 aliphatic rings. The van der Waals surface area contributed by atoms with Gasteiger partial charge in [0, 0.05) is 51.1 Å². The first-order valence-electron chi connectivity index (χ1n) is 9.28. The maximum Gasteiger partial charge on any atom is 0.266 e. The van der Waals surface area contributed by atoms with Gasteiger partial charge in [-0.3, -0.25) is 4.79 Å². The van der Waals surface area contributed by atoms with Gasteiger partial charge in [0.2, 0.25) is 5.95 Å². The largest absolute Gasteiger partial charge is 0.363 e. The summed E-state index contributed by atoms with van der Waals surface area (Å²) in [6.45, 7) is 6.08. The third kappa shape index (κ3) is 3.47. The second-order valence-electron chi connectivity index (χ2n) is 7.43. The van der Waals surface area contributed by atoms with Crippen LogP contribution in [0.2, 0.25) is 0 Å². The highest BCUT2D eigenvalue weighted by Crippen LogP contribution is 2.23. The van der Waals surface area contributed by atoms with Crippen LogP contribution < -0.4 is 15.4 Å². The first kappa shape index (κ1) is 18.1. The van der Waals surface area contributed by atoms with Gasteiger partial charge in [-0.15, -0.1) is 5.10 Å². The molecule has 0 atom stereocenters. The normalized spacial score (nSPS) is 14.2. The second kappa shape index (κ2) is 7.06. The fraction of sp³-hybridized carbons (Fsp3) is 0.421. The van der Waals surface area contributed by atoms with E-state index in [1.54, 1.807) is 23.0 Å². The van der Waals surface area contributed by atoms with Crippen molar-refractivity contribution in [2.45, 2.75) is 20.4 Å². The van der Waals surface area contributed by atoms with Crippen molar-refractivity contribution >= 4 is 11.8 Å². The van der Waals surface area contributed by atoms with Crippen molar-refractivity contribution in [3.05, 3.63) is 52.2 Å². The van der Waals surface area contributed by atoms with Crippen LogP contribution in [0.1, 0.15) is 11.4 Å². The van der Waals surface area contributed by atoms with Gasteiger partial charge in [-0.25, -0.2) is 14.3 Å². The molecule has 3 aromatic rings. The summed E-state index contributed by atoms with van der Waals surface area (Å²) in [7, 11) is 3.91. The second-order valence-corrected chi connectivity index (χ2v) is 7.43. The fourth-order valence-electron chi connectivity index (χ4n) is 3.38. The molecule has 0 aromatic carbocycles. The van der Waals surface area contributed by atoms with Crippen LogP contribution in [0.15, 0.2) is 35.3 Å².